The first-order valence-corrected chi connectivity index (χ1v) is 7.69. The Morgan fingerprint density at radius 1 is 1.18 bits per heavy atom. The predicted molar refractivity (Wildman–Crippen MR) is 87.6 cm³/mol. The number of nitrogens with zero attached hydrogens (tertiary/aromatic N) is 2. The third-order valence-electron chi connectivity index (χ3n) is 3.59. The third-order valence-corrected chi connectivity index (χ3v) is 3.59. The van der Waals surface area contributed by atoms with Crippen LogP contribution in [0, 0.1) is 0 Å². The highest BCUT2D eigenvalue weighted by Crippen LogP contribution is 2.11. The normalized spacial score (nSPS) is 10.6. The minimum absolute atomic E-state index is 0.0387. The van der Waals surface area contributed by atoms with Crippen molar-refractivity contribution in [2.45, 2.75) is 26.4 Å². The van der Waals surface area contributed by atoms with Crippen molar-refractivity contribution in [3.05, 3.63) is 59.9 Å². The number of hydrogen-bond donors (Lipinski definition) is 0. The number of rotatable bonds is 8. The molecule has 1 amide bonds. The summed E-state index contributed by atoms with van der Waals surface area (Å²) in [7, 11) is 1.56. The van der Waals surface area contributed by atoms with Crippen molar-refractivity contribution in [1.29, 1.82) is 0 Å². The smallest absolute Gasteiger partial charge is 0.248 e. The van der Waals surface area contributed by atoms with Crippen LogP contribution in [0.15, 0.2) is 48.7 Å². The molecule has 4 nitrogen and oxygen atoms in total. The monoisotopic (exact) mass is 300 g/mol. The maximum atomic E-state index is 12.1. The van der Waals surface area contributed by atoms with Gasteiger partial charge in [-0.25, -0.2) is 0 Å². The van der Waals surface area contributed by atoms with E-state index >= 15 is 0 Å². The van der Waals surface area contributed by atoms with Crippen LogP contribution in [-0.4, -0.2) is 35.6 Å². The number of amides is 1. The number of ether oxygens (including phenoxy) is 1. The second-order valence-electron chi connectivity index (χ2n) is 5.36. The van der Waals surface area contributed by atoms with Crippen LogP contribution in [0.5, 0.6) is 0 Å². The van der Waals surface area contributed by atoms with E-state index in [-0.39, 0.29) is 12.5 Å². The molecule has 0 aliphatic rings. The van der Waals surface area contributed by atoms with Gasteiger partial charge in [-0.3, -0.25) is 4.79 Å². The van der Waals surface area contributed by atoms with Gasteiger partial charge in [-0.1, -0.05) is 37.3 Å². The van der Waals surface area contributed by atoms with Crippen molar-refractivity contribution < 1.29 is 9.53 Å². The van der Waals surface area contributed by atoms with E-state index in [1.54, 1.807) is 7.11 Å². The molecule has 0 fully saturated rings. The Labute approximate surface area is 132 Å². The van der Waals surface area contributed by atoms with Gasteiger partial charge < -0.3 is 14.2 Å². The molecule has 0 bridgehead atoms. The minimum Gasteiger partial charge on any atom is -0.375 e. The van der Waals surface area contributed by atoms with Crippen molar-refractivity contribution in [1.82, 2.24) is 9.47 Å². The first kappa shape index (κ1) is 16.3. The van der Waals surface area contributed by atoms with Gasteiger partial charge in [0.25, 0.3) is 0 Å². The first-order chi connectivity index (χ1) is 10.7. The molecule has 1 heterocycles. The van der Waals surface area contributed by atoms with Gasteiger partial charge in [0.2, 0.25) is 5.91 Å². The summed E-state index contributed by atoms with van der Waals surface area (Å²) in [6, 6.07) is 14.4. The fourth-order valence-corrected chi connectivity index (χ4v) is 2.50. The molecule has 0 saturated heterocycles. The lowest BCUT2D eigenvalue weighted by Gasteiger charge is -2.23. The van der Waals surface area contributed by atoms with E-state index in [9.17, 15) is 4.79 Å². The van der Waals surface area contributed by atoms with Gasteiger partial charge in [0.1, 0.15) is 6.61 Å². The summed E-state index contributed by atoms with van der Waals surface area (Å²) in [5, 5.41) is 0. The summed E-state index contributed by atoms with van der Waals surface area (Å²) in [6.45, 7) is 4.41. The number of hydrogen-bond acceptors (Lipinski definition) is 2. The molecule has 0 aliphatic heterocycles. The summed E-state index contributed by atoms with van der Waals surface area (Å²) < 4.78 is 7.17. The number of aromatic nitrogens is 1. The van der Waals surface area contributed by atoms with Crippen molar-refractivity contribution in [3.8, 4) is 0 Å². The standard InChI is InChI=1S/C18H24N2O2/c1-3-11-20(18(21)15-22-2)14-17-10-7-12-19(17)13-16-8-5-4-6-9-16/h4-10,12H,3,11,13-15H2,1-2H3. The Bertz CT molecular complexity index is 578. The van der Waals surface area contributed by atoms with Crippen molar-refractivity contribution in [2.24, 2.45) is 0 Å². The molecule has 0 spiro atoms. The van der Waals surface area contributed by atoms with E-state index in [0.717, 1.165) is 25.2 Å². The highest BCUT2D eigenvalue weighted by atomic mass is 16.5. The lowest BCUT2D eigenvalue weighted by atomic mass is 10.2. The summed E-state index contributed by atoms with van der Waals surface area (Å²) in [6.07, 6.45) is 3.00. The second kappa shape index (κ2) is 8.39. The molecule has 1 aromatic carbocycles. The largest absolute Gasteiger partial charge is 0.375 e. The molecule has 0 unspecified atom stereocenters. The van der Waals surface area contributed by atoms with Crippen LogP contribution >= 0.6 is 0 Å². The molecule has 2 rings (SSSR count). The minimum atomic E-state index is 0.0387. The highest BCUT2D eigenvalue weighted by Gasteiger charge is 2.14. The number of carbonyl (C=O) groups is 1. The van der Waals surface area contributed by atoms with Gasteiger partial charge in [0.15, 0.2) is 0 Å². The first-order valence-electron chi connectivity index (χ1n) is 7.69. The highest BCUT2D eigenvalue weighted by molar-refractivity contribution is 5.77. The van der Waals surface area contributed by atoms with E-state index < -0.39 is 0 Å². The van der Waals surface area contributed by atoms with Gasteiger partial charge in [-0.05, 0) is 24.1 Å². The molecule has 0 radical (unpaired) electrons. The Balaban J connectivity index is 2.08. The van der Waals surface area contributed by atoms with Gasteiger partial charge in [-0.2, -0.15) is 0 Å². The maximum absolute atomic E-state index is 12.1. The fourth-order valence-electron chi connectivity index (χ4n) is 2.50. The topological polar surface area (TPSA) is 34.5 Å². The van der Waals surface area contributed by atoms with E-state index in [2.05, 4.69) is 35.9 Å². The molecule has 4 heteroatoms. The Morgan fingerprint density at radius 3 is 2.64 bits per heavy atom. The molecule has 1 aromatic heterocycles. The van der Waals surface area contributed by atoms with Gasteiger partial charge in [0, 0.05) is 32.1 Å². The Kier molecular flexibility index (Phi) is 6.22. The predicted octanol–water partition coefficient (Wildman–Crippen LogP) is 2.92. The lowest BCUT2D eigenvalue weighted by Crippen LogP contribution is -2.34. The SMILES string of the molecule is CCCN(Cc1cccn1Cc1ccccc1)C(=O)COC. The zero-order chi connectivity index (χ0) is 15.8. The Hall–Kier alpha value is -2.07. The molecular weight excluding hydrogens is 276 g/mol. The Morgan fingerprint density at radius 2 is 1.95 bits per heavy atom. The van der Waals surface area contributed by atoms with Crippen LogP contribution in [0.4, 0.5) is 0 Å². The van der Waals surface area contributed by atoms with Gasteiger partial charge >= 0.3 is 0 Å². The van der Waals surface area contributed by atoms with Crippen LogP contribution in [-0.2, 0) is 22.6 Å². The number of benzene rings is 1. The summed E-state index contributed by atoms with van der Waals surface area (Å²) >= 11 is 0. The average molecular weight is 300 g/mol. The van der Waals surface area contributed by atoms with Crippen molar-refractivity contribution >= 4 is 5.91 Å². The van der Waals surface area contributed by atoms with E-state index in [4.69, 9.17) is 4.74 Å². The molecule has 2 aromatic rings. The van der Waals surface area contributed by atoms with E-state index in [1.807, 2.05) is 29.2 Å². The summed E-state index contributed by atoms with van der Waals surface area (Å²) in [4.78, 5) is 14.0. The zero-order valence-electron chi connectivity index (χ0n) is 13.4. The molecule has 0 saturated carbocycles. The number of methoxy groups -OCH3 is 1. The van der Waals surface area contributed by atoms with Crippen molar-refractivity contribution in [3.63, 3.8) is 0 Å². The maximum Gasteiger partial charge on any atom is 0.248 e. The van der Waals surface area contributed by atoms with E-state index in [1.165, 1.54) is 5.56 Å². The van der Waals surface area contributed by atoms with Gasteiger partial charge in [-0.15, -0.1) is 0 Å². The number of carbonyl (C=O) groups excluding carboxylic acids is 1. The average Bonchev–Trinajstić information content (AvgIpc) is 2.95. The quantitative estimate of drug-likeness (QED) is 0.751. The summed E-state index contributed by atoms with van der Waals surface area (Å²) in [5.41, 5.74) is 2.40. The molecular formula is C18H24N2O2. The molecule has 22 heavy (non-hydrogen) atoms. The molecule has 0 atom stereocenters. The molecule has 118 valence electrons. The zero-order valence-corrected chi connectivity index (χ0v) is 13.4. The van der Waals surface area contributed by atoms with E-state index in [0.29, 0.717) is 6.54 Å². The van der Waals surface area contributed by atoms with Crippen LogP contribution in [0.3, 0.4) is 0 Å². The molecule has 0 aliphatic carbocycles. The van der Waals surface area contributed by atoms with Crippen LogP contribution in [0.2, 0.25) is 0 Å². The van der Waals surface area contributed by atoms with Crippen molar-refractivity contribution in [2.75, 3.05) is 20.3 Å². The fraction of sp³-hybridized carbons (Fsp3) is 0.389. The van der Waals surface area contributed by atoms with Crippen LogP contribution in [0.1, 0.15) is 24.6 Å². The second-order valence-corrected chi connectivity index (χ2v) is 5.36. The third kappa shape index (κ3) is 4.46. The van der Waals surface area contributed by atoms with Crippen LogP contribution in [0.25, 0.3) is 0 Å². The molecule has 0 N–H and O–H groups in total. The lowest BCUT2D eigenvalue weighted by molar-refractivity contribution is -0.135. The van der Waals surface area contributed by atoms with Crippen LogP contribution < -0.4 is 0 Å². The summed E-state index contributed by atoms with van der Waals surface area (Å²) in [5.74, 6) is 0.0387. The van der Waals surface area contributed by atoms with Gasteiger partial charge in [0.05, 0.1) is 6.54 Å².